The Hall–Kier alpha value is -2.00. The highest BCUT2D eigenvalue weighted by molar-refractivity contribution is 6.31. The molecule has 5 nitrogen and oxygen atoms in total. The van der Waals surface area contributed by atoms with Gasteiger partial charge in [-0.25, -0.2) is 0 Å². The zero-order chi connectivity index (χ0) is 15.1. The van der Waals surface area contributed by atoms with Gasteiger partial charge in [-0.15, -0.1) is 0 Å². The Bertz CT molecular complexity index is 607. The number of hydrogen-bond donors (Lipinski definition) is 1. The monoisotopic (exact) mass is 307 g/mol. The predicted octanol–water partition coefficient (Wildman–Crippen LogP) is 2.76. The quantitative estimate of drug-likeness (QED) is 0.851. The number of aliphatic hydroxyl groups is 1. The standard InChI is InChI=1S/C15H14ClNO4/c16-14-4-1-5-15(13(14)7-17)21-9-11(18)8-19-10-12-3-2-6-20-12/h1-6,11,18H,8-10H2. The fraction of sp³-hybridized carbons (Fsp3) is 0.267. The molecule has 0 radical (unpaired) electrons. The number of aliphatic hydroxyl groups excluding tert-OH is 1. The fourth-order valence-corrected chi connectivity index (χ4v) is 1.87. The molecule has 1 aromatic carbocycles. The maximum absolute atomic E-state index is 9.78. The van der Waals surface area contributed by atoms with Gasteiger partial charge in [0.15, 0.2) is 0 Å². The second-order valence-corrected chi connectivity index (χ2v) is 4.69. The van der Waals surface area contributed by atoms with E-state index in [0.717, 1.165) is 0 Å². The third-order valence-electron chi connectivity index (χ3n) is 2.65. The minimum Gasteiger partial charge on any atom is -0.489 e. The molecule has 0 saturated heterocycles. The highest BCUT2D eigenvalue weighted by atomic mass is 35.5. The zero-order valence-electron chi connectivity index (χ0n) is 11.2. The van der Waals surface area contributed by atoms with E-state index in [-0.39, 0.29) is 25.4 Å². The van der Waals surface area contributed by atoms with E-state index in [1.165, 1.54) is 0 Å². The summed E-state index contributed by atoms with van der Waals surface area (Å²) in [7, 11) is 0. The molecular weight excluding hydrogens is 294 g/mol. The van der Waals surface area contributed by atoms with Gasteiger partial charge in [-0.05, 0) is 24.3 Å². The van der Waals surface area contributed by atoms with E-state index in [1.54, 1.807) is 36.6 Å². The summed E-state index contributed by atoms with van der Waals surface area (Å²) < 4.78 is 15.8. The van der Waals surface area contributed by atoms with E-state index >= 15 is 0 Å². The molecule has 110 valence electrons. The molecule has 21 heavy (non-hydrogen) atoms. The van der Waals surface area contributed by atoms with Crippen molar-refractivity contribution < 1.29 is 19.0 Å². The van der Waals surface area contributed by atoms with Gasteiger partial charge >= 0.3 is 0 Å². The Morgan fingerprint density at radius 1 is 1.29 bits per heavy atom. The van der Waals surface area contributed by atoms with E-state index in [9.17, 15) is 5.11 Å². The minimum absolute atomic E-state index is 0.00712. The second kappa shape index (κ2) is 7.70. The van der Waals surface area contributed by atoms with Crippen molar-refractivity contribution >= 4 is 11.6 Å². The van der Waals surface area contributed by atoms with Crippen molar-refractivity contribution in [3.63, 3.8) is 0 Å². The van der Waals surface area contributed by atoms with Gasteiger partial charge in [0.2, 0.25) is 0 Å². The van der Waals surface area contributed by atoms with Crippen LogP contribution < -0.4 is 4.74 Å². The molecule has 1 atom stereocenters. The molecule has 0 spiro atoms. The molecule has 1 aromatic heterocycles. The zero-order valence-corrected chi connectivity index (χ0v) is 11.9. The molecule has 0 amide bonds. The Morgan fingerprint density at radius 3 is 2.86 bits per heavy atom. The second-order valence-electron chi connectivity index (χ2n) is 4.28. The average Bonchev–Trinajstić information content (AvgIpc) is 2.98. The van der Waals surface area contributed by atoms with E-state index in [4.69, 9.17) is 30.8 Å². The first-order valence-corrected chi connectivity index (χ1v) is 6.68. The van der Waals surface area contributed by atoms with Crippen molar-refractivity contribution in [1.29, 1.82) is 5.26 Å². The van der Waals surface area contributed by atoms with E-state index in [1.807, 2.05) is 6.07 Å². The lowest BCUT2D eigenvalue weighted by atomic mass is 10.2. The first kappa shape index (κ1) is 15.4. The maximum Gasteiger partial charge on any atom is 0.138 e. The molecule has 0 bridgehead atoms. The largest absolute Gasteiger partial charge is 0.489 e. The number of furan rings is 1. The molecule has 1 unspecified atom stereocenters. The summed E-state index contributed by atoms with van der Waals surface area (Å²) in [4.78, 5) is 0. The molecule has 6 heteroatoms. The van der Waals surface area contributed by atoms with E-state index < -0.39 is 6.10 Å². The van der Waals surface area contributed by atoms with Crippen molar-refractivity contribution in [2.75, 3.05) is 13.2 Å². The van der Waals surface area contributed by atoms with Crippen LogP contribution in [-0.2, 0) is 11.3 Å². The first-order chi connectivity index (χ1) is 10.2. The van der Waals surface area contributed by atoms with Crippen LogP contribution in [0.15, 0.2) is 41.0 Å². The molecule has 2 aromatic rings. The van der Waals surface area contributed by atoms with Crippen LogP contribution in [0, 0.1) is 11.3 Å². The Labute approximate surface area is 127 Å². The van der Waals surface area contributed by atoms with Crippen molar-refractivity contribution in [3.8, 4) is 11.8 Å². The lowest BCUT2D eigenvalue weighted by Gasteiger charge is -2.13. The Morgan fingerprint density at radius 2 is 2.14 bits per heavy atom. The van der Waals surface area contributed by atoms with E-state index in [2.05, 4.69) is 0 Å². The van der Waals surface area contributed by atoms with Crippen LogP contribution in [0.5, 0.6) is 5.75 Å². The molecular formula is C15H14ClNO4. The molecule has 0 aliphatic heterocycles. The normalized spacial score (nSPS) is 11.9. The van der Waals surface area contributed by atoms with Crippen molar-refractivity contribution in [1.82, 2.24) is 0 Å². The predicted molar refractivity (Wildman–Crippen MR) is 76.0 cm³/mol. The van der Waals surface area contributed by atoms with Gasteiger partial charge in [0, 0.05) is 0 Å². The molecule has 0 saturated carbocycles. The van der Waals surface area contributed by atoms with Crippen LogP contribution in [-0.4, -0.2) is 24.4 Å². The number of benzene rings is 1. The average molecular weight is 308 g/mol. The third kappa shape index (κ3) is 4.50. The molecule has 0 aliphatic carbocycles. The lowest BCUT2D eigenvalue weighted by Crippen LogP contribution is -2.23. The topological polar surface area (TPSA) is 75.6 Å². The van der Waals surface area contributed by atoms with Gasteiger partial charge in [0.05, 0.1) is 17.9 Å². The highest BCUT2D eigenvalue weighted by Gasteiger charge is 2.11. The first-order valence-electron chi connectivity index (χ1n) is 6.30. The van der Waals surface area contributed by atoms with Gasteiger partial charge in [-0.3, -0.25) is 0 Å². The molecule has 1 N–H and O–H groups in total. The van der Waals surface area contributed by atoms with Crippen LogP contribution in [0.4, 0.5) is 0 Å². The van der Waals surface area contributed by atoms with Crippen LogP contribution in [0.1, 0.15) is 11.3 Å². The van der Waals surface area contributed by atoms with Crippen LogP contribution in [0.25, 0.3) is 0 Å². The van der Waals surface area contributed by atoms with Gasteiger partial charge in [-0.1, -0.05) is 17.7 Å². The number of halogens is 1. The number of rotatable bonds is 7. The number of nitrogens with zero attached hydrogens (tertiary/aromatic N) is 1. The summed E-state index contributed by atoms with van der Waals surface area (Å²) in [5.74, 6) is 1.03. The summed E-state index contributed by atoms with van der Waals surface area (Å²) in [5, 5.41) is 19.1. The fourth-order valence-electron chi connectivity index (χ4n) is 1.66. The van der Waals surface area contributed by atoms with Crippen LogP contribution in [0.3, 0.4) is 0 Å². The Balaban J connectivity index is 1.77. The lowest BCUT2D eigenvalue weighted by molar-refractivity contribution is 0.000836. The van der Waals surface area contributed by atoms with Crippen molar-refractivity contribution in [3.05, 3.63) is 52.9 Å². The van der Waals surface area contributed by atoms with E-state index in [0.29, 0.717) is 16.5 Å². The van der Waals surface area contributed by atoms with Gasteiger partial charge < -0.3 is 19.0 Å². The summed E-state index contributed by atoms with van der Waals surface area (Å²) in [6.07, 6.45) is 0.742. The van der Waals surface area contributed by atoms with Gasteiger partial charge in [0.25, 0.3) is 0 Å². The SMILES string of the molecule is N#Cc1c(Cl)cccc1OCC(O)COCc1ccco1. The summed E-state index contributed by atoms with van der Waals surface area (Å²) in [6.45, 7) is 0.390. The van der Waals surface area contributed by atoms with Crippen LogP contribution >= 0.6 is 11.6 Å². The smallest absolute Gasteiger partial charge is 0.138 e. The summed E-state index contributed by atoms with van der Waals surface area (Å²) in [6, 6.07) is 10.4. The highest BCUT2D eigenvalue weighted by Crippen LogP contribution is 2.25. The van der Waals surface area contributed by atoms with Crippen molar-refractivity contribution in [2.45, 2.75) is 12.7 Å². The molecule has 1 heterocycles. The van der Waals surface area contributed by atoms with Gasteiger partial charge in [0.1, 0.15) is 42.5 Å². The van der Waals surface area contributed by atoms with Gasteiger partial charge in [-0.2, -0.15) is 5.26 Å². The molecule has 0 fully saturated rings. The summed E-state index contributed by atoms with van der Waals surface area (Å²) >= 11 is 5.89. The molecule has 0 aliphatic rings. The van der Waals surface area contributed by atoms with Crippen molar-refractivity contribution in [2.24, 2.45) is 0 Å². The number of nitriles is 1. The summed E-state index contributed by atoms with van der Waals surface area (Å²) in [5.41, 5.74) is 0.253. The molecule has 2 rings (SSSR count). The van der Waals surface area contributed by atoms with Crippen LogP contribution in [0.2, 0.25) is 5.02 Å². The minimum atomic E-state index is -0.814. The maximum atomic E-state index is 9.78. The number of hydrogen-bond acceptors (Lipinski definition) is 5. The number of ether oxygens (including phenoxy) is 2. The Kier molecular flexibility index (Phi) is 5.64. The third-order valence-corrected chi connectivity index (χ3v) is 2.97.